The predicted molar refractivity (Wildman–Crippen MR) is 117 cm³/mol. The predicted octanol–water partition coefficient (Wildman–Crippen LogP) is 3.93. The molecular weight excluding hydrogens is 400 g/mol. The van der Waals surface area contributed by atoms with Crippen LogP contribution in [0.4, 0.5) is 5.82 Å². The molecule has 158 valence electrons. The fourth-order valence-corrected chi connectivity index (χ4v) is 3.49. The first-order chi connectivity index (χ1) is 15.0. The Balaban J connectivity index is 1.79. The topological polar surface area (TPSA) is 99.9 Å². The minimum absolute atomic E-state index is 0.298. The van der Waals surface area contributed by atoms with E-state index in [4.69, 9.17) is 18.6 Å². The van der Waals surface area contributed by atoms with Crippen molar-refractivity contribution in [2.24, 2.45) is 0 Å². The molecular formula is C23H20N2O6. The van der Waals surface area contributed by atoms with E-state index >= 15 is 0 Å². The number of aromatic nitrogens is 1. The number of hydrogen-bond donors (Lipinski definition) is 1. The molecule has 0 aliphatic carbocycles. The van der Waals surface area contributed by atoms with E-state index in [1.807, 2.05) is 12.1 Å². The van der Waals surface area contributed by atoms with Gasteiger partial charge in [-0.2, -0.15) is 0 Å². The van der Waals surface area contributed by atoms with Crippen LogP contribution >= 0.6 is 0 Å². The van der Waals surface area contributed by atoms with Gasteiger partial charge >= 0.3 is 5.63 Å². The summed E-state index contributed by atoms with van der Waals surface area (Å²) >= 11 is 0. The summed E-state index contributed by atoms with van der Waals surface area (Å²) in [5, 5.41) is 3.84. The lowest BCUT2D eigenvalue weighted by molar-refractivity contribution is 0.102. The Hall–Kier alpha value is -4.07. The van der Waals surface area contributed by atoms with E-state index in [2.05, 4.69) is 10.3 Å². The maximum atomic E-state index is 12.9. The van der Waals surface area contributed by atoms with Gasteiger partial charge in [0, 0.05) is 10.9 Å². The molecule has 0 aliphatic rings. The highest BCUT2D eigenvalue weighted by Crippen LogP contribution is 2.38. The molecule has 4 rings (SSSR count). The number of ether oxygens (including phenoxy) is 3. The van der Waals surface area contributed by atoms with Crippen molar-refractivity contribution in [1.29, 1.82) is 0 Å². The van der Waals surface area contributed by atoms with E-state index in [0.717, 1.165) is 0 Å². The van der Waals surface area contributed by atoms with E-state index in [1.54, 1.807) is 37.3 Å². The molecule has 1 N–H and O–H groups in total. The van der Waals surface area contributed by atoms with E-state index in [9.17, 15) is 9.59 Å². The van der Waals surface area contributed by atoms with Crippen LogP contribution in [0, 0.1) is 6.92 Å². The highest BCUT2D eigenvalue weighted by Gasteiger charge is 2.19. The molecule has 8 heteroatoms. The number of fused-ring (bicyclic) bond motifs is 3. The molecule has 0 spiro atoms. The molecule has 2 aromatic carbocycles. The van der Waals surface area contributed by atoms with Gasteiger partial charge in [0.05, 0.1) is 32.2 Å². The van der Waals surface area contributed by atoms with Crippen LogP contribution in [-0.4, -0.2) is 32.2 Å². The smallest absolute Gasteiger partial charge is 0.346 e. The Labute approximate surface area is 177 Å². The number of pyridine rings is 1. The monoisotopic (exact) mass is 420 g/mol. The normalized spacial score (nSPS) is 10.8. The van der Waals surface area contributed by atoms with Crippen LogP contribution < -0.4 is 25.2 Å². The fourth-order valence-electron chi connectivity index (χ4n) is 3.49. The second-order valence-corrected chi connectivity index (χ2v) is 6.80. The molecule has 2 heterocycles. The number of amides is 1. The summed E-state index contributed by atoms with van der Waals surface area (Å²) in [5.41, 5.74) is 1.37. The third-order valence-corrected chi connectivity index (χ3v) is 4.93. The number of carbonyl (C=O) groups excluding carboxylic acids is 1. The number of nitrogens with one attached hydrogen (secondary N) is 1. The second-order valence-electron chi connectivity index (χ2n) is 6.80. The van der Waals surface area contributed by atoms with Crippen molar-refractivity contribution in [3.8, 4) is 17.2 Å². The summed E-state index contributed by atoms with van der Waals surface area (Å²) in [6.45, 7) is 1.77. The zero-order valence-corrected chi connectivity index (χ0v) is 17.4. The number of rotatable bonds is 5. The van der Waals surface area contributed by atoms with Crippen molar-refractivity contribution < 1.29 is 23.4 Å². The Morgan fingerprint density at radius 3 is 2.32 bits per heavy atom. The van der Waals surface area contributed by atoms with Gasteiger partial charge in [0.2, 0.25) is 5.75 Å². The SMILES string of the molecule is COc1cc(C(=O)Nc2cc(C)c3c(=O)oc4ccccc4c3n2)cc(OC)c1OC. The van der Waals surface area contributed by atoms with E-state index in [1.165, 1.54) is 21.3 Å². The van der Waals surface area contributed by atoms with Gasteiger partial charge < -0.3 is 23.9 Å². The average molecular weight is 420 g/mol. The Morgan fingerprint density at radius 1 is 1.00 bits per heavy atom. The number of methoxy groups -OCH3 is 3. The van der Waals surface area contributed by atoms with Gasteiger partial charge in [-0.05, 0) is 42.8 Å². The third-order valence-electron chi connectivity index (χ3n) is 4.93. The maximum Gasteiger partial charge on any atom is 0.346 e. The van der Waals surface area contributed by atoms with Crippen LogP contribution in [0.1, 0.15) is 15.9 Å². The Bertz CT molecular complexity index is 1350. The fraction of sp³-hybridized carbons (Fsp3) is 0.174. The largest absolute Gasteiger partial charge is 0.493 e. The summed E-state index contributed by atoms with van der Waals surface area (Å²) in [6.07, 6.45) is 0. The lowest BCUT2D eigenvalue weighted by Crippen LogP contribution is -2.14. The average Bonchev–Trinajstić information content (AvgIpc) is 2.77. The Kier molecular flexibility index (Phi) is 5.21. The summed E-state index contributed by atoms with van der Waals surface area (Å²) < 4.78 is 21.3. The minimum Gasteiger partial charge on any atom is -0.493 e. The summed E-state index contributed by atoms with van der Waals surface area (Å²) in [6, 6.07) is 11.9. The zero-order chi connectivity index (χ0) is 22.1. The molecule has 31 heavy (non-hydrogen) atoms. The molecule has 0 bridgehead atoms. The molecule has 4 aromatic rings. The van der Waals surface area contributed by atoms with Crippen molar-refractivity contribution in [3.63, 3.8) is 0 Å². The molecule has 0 radical (unpaired) electrons. The molecule has 0 unspecified atom stereocenters. The number of nitrogens with zero attached hydrogens (tertiary/aromatic N) is 1. The van der Waals surface area contributed by atoms with Gasteiger partial charge in [-0.3, -0.25) is 4.79 Å². The third kappa shape index (κ3) is 3.52. The second kappa shape index (κ2) is 7.98. The molecule has 0 fully saturated rings. The van der Waals surface area contributed by atoms with Crippen molar-refractivity contribution in [1.82, 2.24) is 4.98 Å². The van der Waals surface area contributed by atoms with E-state index < -0.39 is 11.5 Å². The van der Waals surface area contributed by atoms with Gasteiger partial charge in [-0.25, -0.2) is 9.78 Å². The van der Waals surface area contributed by atoms with Crippen molar-refractivity contribution in [3.05, 3.63) is 64.0 Å². The molecule has 1 amide bonds. The highest BCUT2D eigenvalue weighted by atomic mass is 16.5. The lowest BCUT2D eigenvalue weighted by Gasteiger charge is -2.14. The molecule has 0 aliphatic heterocycles. The molecule has 0 saturated heterocycles. The zero-order valence-electron chi connectivity index (χ0n) is 17.4. The van der Waals surface area contributed by atoms with E-state index in [-0.39, 0.29) is 0 Å². The number of aryl methyl sites for hydroxylation is 1. The van der Waals surface area contributed by atoms with Crippen LogP contribution in [0.5, 0.6) is 17.2 Å². The van der Waals surface area contributed by atoms with Gasteiger partial charge in [0.1, 0.15) is 11.4 Å². The molecule has 2 aromatic heterocycles. The van der Waals surface area contributed by atoms with Crippen LogP contribution in [0.3, 0.4) is 0 Å². The number of benzene rings is 2. The first-order valence-electron chi connectivity index (χ1n) is 9.41. The van der Waals surface area contributed by atoms with Gasteiger partial charge in [-0.15, -0.1) is 0 Å². The Morgan fingerprint density at radius 2 is 1.68 bits per heavy atom. The first-order valence-corrected chi connectivity index (χ1v) is 9.41. The van der Waals surface area contributed by atoms with Crippen molar-refractivity contribution >= 4 is 33.6 Å². The summed E-state index contributed by atoms with van der Waals surface area (Å²) in [7, 11) is 4.44. The number of anilines is 1. The van der Waals surface area contributed by atoms with Crippen LogP contribution in [-0.2, 0) is 0 Å². The van der Waals surface area contributed by atoms with E-state index in [0.29, 0.717) is 56.1 Å². The highest BCUT2D eigenvalue weighted by molar-refractivity contribution is 6.07. The molecule has 0 saturated carbocycles. The quantitative estimate of drug-likeness (QED) is 0.386. The van der Waals surface area contributed by atoms with Crippen LogP contribution in [0.25, 0.3) is 21.9 Å². The number of carbonyl (C=O) groups is 1. The lowest BCUT2D eigenvalue weighted by atomic mass is 10.1. The summed E-state index contributed by atoms with van der Waals surface area (Å²) in [5.74, 6) is 0.994. The van der Waals surface area contributed by atoms with Gasteiger partial charge in [0.25, 0.3) is 5.91 Å². The number of hydrogen-bond acceptors (Lipinski definition) is 7. The van der Waals surface area contributed by atoms with Crippen molar-refractivity contribution in [2.45, 2.75) is 6.92 Å². The maximum absolute atomic E-state index is 12.9. The first kappa shape index (κ1) is 20.2. The standard InChI is InChI=1S/C23H20N2O6/c1-12-9-18(24-20-14-7-5-6-8-15(14)31-23(27)19(12)20)25-22(26)13-10-16(28-2)21(30-4)17(11-13)29-3/h5-11H,1-4H3,(H,24,25,26). The summed E-state index contributed by atoms with van der Waals surface area (Å²) in [4.78, 5) is 29.9. The van der Waals surface area contributed by atoms with Crippen molar-refractivity contribution in [2.75, 3.05) is 26.6 Å². The molecule has 8 nitrogen and oxygen atoms in total. The van der Waals surface area contributed by atoms with Gasteiger partial charge in [-0.1, -0.05) is 12.1 Å². The minimum atomic E-state index is -0.471. The molecule has 0 atom stereocenters. The van der Waals surface area contributed by atoms with Crippen LogP contribution in [0.2, 0.25) is 0 Å². The van der Waals surface area contributed by atoms with Gasteiger partial charge in [0.15, 0.2) is 11.5 Å². The van der Waals surface area contributed by atoms with Crippen LogP contribution in [0.15, 0.2) is 51.7 Å². The number of para-hydroxylation sites is 1.